The lowest BCUT2D eigenvalue weighted by molar-refractivity contribution is -0.116. The predicted molar refractivity (Wildman–Crippen MR) is 103 cm³/mol. The van der Waals surface area contributed by atoms with Crippen LogP contribution in [0, 0.1) is 0 Å². The van der Waals surface area contributed by atoms with E-state index in [1.54, 1.807) is 24.5 Å². The summed E-state index contributed by atoms with van der Waals surface area (Å²) >= 11 is 1.76. The van der Waals surface area contributed by atoms with E-state index in [-0.39, 0.29) is 11.9 Å². The number of hydrogen-bond acceptors (Lipinski definition) is 4. The lowest BCUT2D eigenvalue weighted by Gasteiger charge is -2.26. The molecular weight excluding hydrogens is 332 g/mol. The quantitative estimate of drug-likeness (QED) is 0.769. The molecule has 1 aromatic carbocycles. The first kappa shape index (κ1) is 17.7. The highest BCUT2D eigenvalue weighted by Crippen LogP contribution is 2.27. The summed E-state index contributed by atoms with van der Waals surface area (Å²) in [6.45, 7) is 2.86. The number of carbonyl (C=O) groups is 1. The van der Waals surface area contributed by atoms with Crippen molar-refractivity contribution >= 4 is 23.3 Å². The standard InChI is InChI=1S/C20H24N2O2S/c1-24-17-7-4-6-16(14-17)9-10-20(23)21-15-18(19-8-5-13-25-19)22-11-2-3-12-22/h4-10,13-14,18H,2-3,11-12,15H2,1H3,(H,21,23). The summed E-state index contributed by atoms with van der Waals surface area (Å²) in [6.07, 6.45) is 5.88. The Morgan fingerprint density at radius 1 is 1.32 bits per heavy atom. The first-order chi connectivity index (χ1) is 12.3. The molecular formula is C20H24N2O2S. The number of likely N-dealkylation sites (tertiary alicyclic amines) is 1. The number of nitrogens with zero attached hydrogens (tertiary/aromatic N) is 1. The maximum absolute atomic E-state index is 12.2. The first-order valence-electron chi connectivity index (χ1n) is 8.63. The number of benzene rings is 1. The fourth-order valence-electron chi connectivity index (χ4n) is 3.12. The van der Waals surface area contributed by atoms with Crippen molar-refractivity contribution in [3.05, 3.63) is 58.3 Å². The molecule has 1 fully saturated rings. The topological polar surface area (TPSA) is 41.6 Å². The van der Waals surface area contributed by atoms with E-state index in [2.05, 4.69) is 27.7 Å². The average Bonchev–Trinajstić information content (AvgIpc) is 3.35. The normalized spacial score (nSPS) is 16.2. The molecule has 3 rings (SSSR count). The van der Waals surface area contributed by atoms with Crippen LogP contribution in [-0.2, 0) is 4.79 Å². The third kappa shape index (κ3) is 4.94. The van der Waals surface area contributed by atoms with Crippen LogP contribution in [0.2, 0.25) is 0 Å². The fraction of sp³-hybridized carbons (Fsp3) is 0.350. The van der Waals surface area contributed by atoms with Gasteiger partial charge in [-0.25, -0.2) is 0 Å². The van der Waals surface area contributed by atoms with Crippen molar-refractivity contribution in [2.45, 2.75) is 18.9 Å². The van der Waals surface area contributed by atoms with Crippen LogP contribution in [0.25, 0.3) is 6.08 Å². The Morgan fingerprint density at radius 3 is 2.88 bits per heavy atom. The number of amides is 1. The average molecular weight is 356 g/mol. The van der Waals surface area contributed by atoms with Crippen LogP contribution >= 0.6 is 11.3 Å². The number of carbonyl (C=O) groups excluding carboxylic acids is 1. The smallest absolute Gasteiger partial charge is 0.244 e. The highest BCUT2D eigenvalue weighted by atomic mass is 32.1. The molecule has 0 radical (unpaired) electrons. The monoisotopic (exact) mass is 356 g/mol. The Labute approximate surface area is 153 Å². The summed E-state index contributed by atoms with van der Waals surface area (Å²) < 4.78 is 5.20. The van der Waals surface area contributed by atoms with Crippen LogP contribution in [0.5, 0.6) is 5.75 Å². The summed E-state index contributed by atoms with van der Waals surface area (Å²) in [5.74, 6) is 0.720. The Hall–Kier alpha value is -2.11. The minimum atomic E-state index is -0.0661. The zero-order valence-corrected chi connectivity index (χ0v) is 15.3. The second-order valence-electron chi connectivity index (χ2n) is 6.13. The molecule has 0 aliphatic carbocycles. The van der Waals surface area contributed by atoms with Gasteiger partial charge >= 0.3 is 0 Å². The third-order valence-electron chi connectivity index (χ3n) is 4.44. The second kappa shape index (κ2) is 8.83. The van der Waals surface area contributed by atoms with E-state index >= 15 is 0 Å². The van der Waals surface area contributed by atoms with E-state index in [1.807, 2.05) is 30.3 Å². The molecule has 1 aliphatic heterocycles. The molecule has 1 atom stereocenters. The number of hydrogen-bond donors (Lipinski definition) is 1. The minimum absolute atomic E-state index is 0.0661. The molecule has 2 heterocycles. The molecule has 1 saturated heterocycles. The van der Waals surface area contributed by atoms with E-state index in [0.717, 1.165) is 24.4 Å². The largest absolute Gasteiger partial charge is 0.497 e. The van der Waals surface area contributed by atoms with Crippen LogP contribution in [0.15, 0.2) is 47.9 Å². The SMILES string of the molecule is COc1cccc(C=CC(=O)NCC(c2cccs2)N2CCCC2)c1. The molecule has 1 aromatic heterocycles. The van der Waals surface area contributed by atoms with Gasteiger partial charge in [-0.1, -0.05) is 18.2 Å². The van der Waals surface area contributed by atoms with Crippen LogP contribution in [0.4, 0.5) is 0 Å². The van der Waals surface area contributed by atoms with E-state index in [9.17, 15) is 4.79 Å². The van der Waals surface area contributed by atoms with E-state index in [0.29, 0.717) is 6.54 Å². The first-order valence-corrected chi connectivity index (χ1v) is 9.51. The van der Waals surface area contributed by atoms with Gasteiger partial charge in [-0.2, -0.15) is 0 Å². The highest BCUT2D eigenvalue weighted by Gasteiger charge is 2.24. The molecule has 132 valence electrons. The molecule has 1 N–H and O–H groups in total. The third-order valence-corrected chi connectivity index (χ3v) is 5.42. The number of rotatable bonds is 7. The van der Waals surface area contributed by atoms with E-state index < -0.39 is 0 Å². The van der Waals surface area contributed by atoms with Gasteiger partial charge in [0.05, 0.1) is 13.2 Å². The molecule has 0 bridgehead atoms. The number of methoxy groups -OCH3 is 1. The summed E-state index contributed by atoms with van der Waals surface area (Å²) in [5, 5.41) is 5.15. The van der Waals surface area contributed by atoms with Crippen molar-refractivity contribution in [3.63, 3.8) is 0 Å². The molecule has 1 aliphatic rings. The van der Waals surface area contributed by atoms with Gasteiger partial charge < -0.3 is 10.1 Å². The van der Waals surface area contributed by atoms with E-state index in [1.165, 1.54) is 17.7 Å². The van der Waals surface area contributed by atoms with Crippen molar-refractivity contribution in [2.24, 2.45) is 0 Å². The molecule has 0 saturated carbocycles. The Kier molecular flexibility index (Phi) is 6.25. The molecule has 5 heteroatoms. The zero-order chi connectivity index (χ0) is 17.5. The van der Waals surface area contributed by atoms with Crippen molar-refractivity contribution in [3.8, 4) is 5.75 Å². The Balaban J connectivity index is 1.58. The van der Waals surface area contributed by atoms with Crippen LogP contribution in [0.1, 0.15) is 29.3 Å². The summed E-state index contributed by atoms with van der Waals surface area (Å²) in [5.41, 5.74) is 0.948. The summed E-state index contributed by atoms with van der Waals surface area (Å²) in [6, 6.07) is 12.2. The van der Waals surface area contributed by atoms with Gasteiger partial charge in [-0.15, -0.1) is 11.3 Å². The molecule has 0 spiro atoms. The predicted octanol–water partition coefficient (Wildman–Crippen LogP) is 3.72. The summed E-state index contributed by atoms with van der Waals surface area (Å²) in [7, 11) is 1.64. The zero-order valence-electron chi connectivity index (χ0n) is 14.5. The number of nitrogens with one attached hydrogen (secondary N) is 1. The number of ether oxygens (including phenoxy) is 1. The lowest BCUT2D eigenvalue weighted by Crippen LogP contribution is -2.35. The Bertz CT molecular complexity index is 706. The van der Waals surface area contributed by atoms with Crippen molar-refractivity contribution in [1.82, 2.24) is 10.2 Å². The van der Waals surface area contributed by atoms with Crippen molar-refractivity contribution < 1.29 is 9.53 Å². The molecule has 2 aromatic rings. The maximum atomic E-state index is 12.2. The van der Waals surface area contributed by atoms with Crippen LogP contribution < -0.4 is 10.1 Å². The van der Waals surface area contributed by atoms with Gasteiger partial charge in [-0.3, -0.25) is 9.69 Å². The Morgan fingerprint density at radius 2 is 2.16 bits per heavy atom. The van der Waals surface area contributed by atoms with Crippen LogP contribution in [0.3, 0.4) is 0 Å². The molecule has 25 heavy (non-hydrogen) atoms. The number of thiophene rings is 1. The van der Waals surface area contributed by atoms with E-state index in [4.69, 9.17) is 4.74 Å². The van der Waals surface area contributed by atoms with Gasteiger partial charge in [0.15, 0.2) is 0 Å². The van der Waals surface area contributed by atoms with Crippen molar-refractivity contribution in [2.75, 3.05) is 26.7 Å². The molecule has 4 nitrogen and oxygen atoms in total. The highest BCUT2D eigenvalue weighted by molar-refractivity contribution is 7.10. The summed E-state index contributed by atoms with van der Waals surface area (Å²) in [4.78, 5) is 16.0. The van der Waals surface area contributed by atoms with Gasteiger partial charge in [0.25, 0.3) is 0 Å². The maximum Gasteiger partial charge on any atom is 0.244 e. The second-order valence-corrected chi connectivity index (χ2v) is 7.11. The van der Waals surface area contributed by atoms with Gasteiger partial charge in [-0.05, 0) is 61.1 Å². The van der Waals surface area contributed by atoms with Gasteiger partial charge in [0.2, 0.25) is 5.91 Å². The van der Waals surface area contributed by atoms with Crippen LogP contribution in [-0.4, -0.2) is 37.6 Å². The van der Waals surface area contributed by atoms with Crippen molar-refractivity contribution in [1.29, 1.82) is 0 Å². The van der Waals surface area contributed by atoms with Gasteiger partial charge in [0, 0.05) is 17.5 Å². The molecule has 1 amide bonds. The minimum Gasteiger partial charge on any atom is -0.497 e. The van der Waals surface area contributed by atoms with Gasteiger partial charge in [0.1, 0.15) is 5.75 Å². The molecule has 1 unspecified atom stereocenters. The lowest BCUT2D eigenvalue weighted by atomic mass is 10.2. The fourth-order valence-corrected chi connectivity index (χ4v) is 3.98.